The Kier molecular flexibility index (Phi) is 5.28. The van der Waals surface area contributed by atoms with Crippen LogP contribution in [0.4, 0.5) is 0 Å². The fourth-order valence-electron chi connectivity index (χ4n) is 4.29. The number of hydrazine groups is 2. The van der Waals surface area contributed by atoms with Crippen LogP contribution >= 0.6 is 0 Å². The van der Waals surface area contributed by atoms with E-state index in [9.17, 15) is 9.59 Å². The molecule has 0 spiro atoms. The van der Waals surface area contributed by atoms with E-state index < -0.39 is 5.66 Å². The molecule has 164 valence electrons. The first-order chi connectivity index (χ1) is 13.8. The largest absolute Gasteiger partial charge is 0.288 e. The van der Waals surface area contributed by atoms with Crippen molar-refractivity contribution in [2.24, 2.45) is 14.1 Å². The molecule has 10 heteroatoms. The van der Waals surface area contributed by atoms with Gasteiger partial charge >= 0.3 is 0 Å². The van der Waals surface area contributed by atoms with Crippen LogP contribution in [-0.2, 0) is 14.1 Å². The van der Waals surface area contributed by atoms with Gasteiger partial charge in [-0.15, -0.1) is 0 Å². The summed E-state index contributed by atoms with van der Waals surface area (Å²) in [5.74, 6) is -0.455. The topological polar surface area (TPSA) is 91.5 Å². The highest BCUT2D eigenvalue weighted by molar-refractivity contribution is 5.94. The van der Waals surface area contributed by atoms with Crippen molar-refractivity contribution in [1.82, 2.24) is 40.0 Å². The van der Waals surface area contributed by atoms with Crippen molar-refractivity contribution in [3.63, 3.8) is 0 Å². The van der Waals surface area contributed by atoms with Gasteiger partial charge in [0.1, 0.15) is 17.1 Å². The molecule has 3 rings (SSSR count). The number of nitrogens with zero attached hydrogens (tertiary/aromatic N) is 7. The maximum absolute atomic E-state index is 13.6. The number of aryl methyl sites for hydroxylation is 4. The molecule has 10 nitrogen and oxygen atoms in total. The molecule has 1 atom stereocenters. The summed E-state index contributed by atoms with van der Waals surface area (Å²) in [6.07, 6.45) is 0.625. The Morgan fingerprint density at radius 2 is 1.50 bits per heavy atom. The molecule has 0 radical (unpaired) electrons. The average Bonchev–Trinajstić information content (AvgIpc) is 3.19. The van der Waals surface area contributed by atoms with Crippen molar-refractivity contribution in [3.05, 3.63) is 34.9 Å². The molecule has 1 N–H and O–H groups in total. The van der Waals surface area contributed by atoms with Gasteiger partial charge in [0.2, 0.25) is 0 Å². The standard InChI is InChI=1S/C20H32N8O2/c1-13-10-15(24(6)21-13)17(29)23-26(8)20(5)12-19(3,4)27(9)28(20)18(30)16-11-14(2)22-25(16)7/h10-11H,12H2,1-9H3,(H,23,29). The highest BCUT2D eigenvalue weighted by atomic mass is 16.2. The van der Waals surface area contributed by atoms with E-state index in [4.69, 9.17) is 0 Å². The van der Waals surface area contributed by atoms with Gasteiger partial charge < -0.3 is 0 Å². The molecule has 0 bridgehead atoms. The summed E-state index contributed by atoms with van der Waals surface area (Å²) in [6, 6.07) is 3.51. The summed E-state index contributed by atoms with van der Waals surface area (Å²) in [6.45, 7) is 9.80. The second-order valence-corrected chi connectivity index (χ2v) is 8.94. The molecule has 2 aromatic rings. The molecule has 2 aromatic heterocycles. The SMILES string of the molecule is Cc1cc(C(=O)NN(C)C2(C)CC(C)(C)N(C)N2C(=O)c2cc(C)nn2C)n(C)n1. The summed E-state index contributed by atoms with van der Waals surface area (Å²) in [4.78, 5) is 26.5. The Hall–Kier alpha value is -2.72. The Balaban J connectivity index is 1.95. The van der Waals surface area contributed by atoms with Crippen LogP contribution in [0.5, 0.6) is 0 Å². The molecule has 3 heterocycles. The lowest BCUT2D eigenvalue weighted by molar-refractivity contribution is -0.0924. The zero-order valence-corrected chi connectivity index (χ0v) is 19.3. The van der Waals surface area contributed by atoms with Crippen LogP contribution in [-0.4, -0.2) is 71.7 Å². The molecule has 0 aromatic carbocycles. The van der Waals surface area contributed by atoms with Crippen molar-refractivity contribution < 1.29 is 9.59 Å². The van der Waals surface area contributed by atoms with Crippen LogP contribution in [0.15, 0.2) is 12.1 Å². The van der Waals surface area contributed by atoms with Crippen LogP contribution in [0.2, 0.25) is 0 Å². The van der Waals surface area contributed by atoms with Crippen LogP contribution < -0.4 is 5.43 Å². The molecule has 2 amide bonds. The lowest BCUT2D eigenvalue weighted by Gasteiger charge is -2.43. The van der Waals surface area contributed by atoms with E-state index in [1.54, 1.807) is 52.7 Å². The van der Waals surface area contributed by atoms with Crippen LogP contribution in [0.25, 0.3) is 0 Å². The number of hydrogen-bond donors (Lipinski definition) is 1. The minimum Gasteiger partial charge on any atom is -0.281 e. The fourth-order valence-corrected chi connectivity index (χ4v) is 4.29. The first kappa shape index (κ1) is 22.0. The summed E-state index contributed by atoms with van der Waals surface area (Å²) in [7, 11) is 7.17. The second-order valence-electron chi connectivity index (χ2n) is 8.94. The molecule has 1 unspecified atom stereocenters. The van der Waals surface area contributed by atoms with E-state index in [1.165, 1.54) is 0 Å². The summed E-state index contributed by atoms with van der Waals surface area (Å²) in [5, 5.41) is 13.9. The molecule has 1 fully saturated rings. The maximum Gasteiger partial charge on any atom is 0.288 e. The monoisotopic (exact) mass is 416 g/mol. The van der Waals surface area contributed by atoms with Gasteiger partial charge in [-0.25, -0.2) is 10.0 Å². The van der Waals surface area contributed by atoms with Gasteiger partial charge in [-0.1, -0.05) is 0 Å². The van der Waals surface area contributed by atoms with E-state index in [0.717, 1.165) is 11.4 Å². The number of carbonyl (C=O) groups is 2. The molecule has 0 saturated carbocycles. The van der Waals surface area contributed by atoms with E-state index >= 15 is 0 Å². The van der Waals surface area contributed by atoms with Gasteiger partial charge in [0.25, 0.3) is 11.8 Å². The van der Waals surface area contributed by atoms with Gasteiger partial charge in [-0.2, -0.15) is 15.2 Å². The predicted octanol–water partition coefficient (Wildman–Crippen LogP) is 1.23. The zero-order chi connectivity index (χ0) is 22.6. The third-order valence-corrected chi connectivity index (χ3v) is 6.04. The summed E-state index contributed by atoms with van der Waals surface area (Å²) in [5.41, 5.74) is 4.32. The van der Waals surface area contributed by atoms with E-state index in [0.29, 0.717) is 17.8 Å². The minimum absolute atomic E-state index is 0.175. The molecular formula is C20H32N8O2. The molecule has 1 saturated heterocycles. The number of carbonyl (C=O) groups excluding carboxylic acids is 2. The maximum atomic E-state index is 13.6. The number of amides is 2. The van der Waals surface area contributed by atoms with Crippen molar-refractivity contribution in [2.75, 3.05) is 14.1 Å². The molecule has 1 aliphatic rings. The summed E-state index contributed by atoms with van der Waals surface area (Å²) >= 11 is 0. The van der Waals surface area contributed by atoms with Gasteiger partial charge in [-0.3, -0.25) is 24.4 Å². The van der Waals surface area contributed by atoms with Crippen LogP contribution in [0, 0.1) is 13.8 Å². The number of rotatable bonds is 4. The quantitative estimate of drug-likeness (QED) is 0.754. The van der Waals surface area contributed by atoms with Crippen molar-refractivity contribution in [1.29, 1.82) is 0 Å². The first-order valence-electron chi connectivity index (χ1n) is 9.92. The molecule has 30 heavy (non-hydrogen) atoms. The second kappa shape index (κ2) is 7.21. The minimum atomic E-state index is -0.795. The smallest absolute Gasteiger partial charge is 0.281 e. The normalized spacial score (nSPS) is 21.5. The zero-order valence-electron chi connectivity index (χ0n) is 19.3. The Bertz CT molecular complexity index is 991. The van der Waals surface area contributed by atoms with Crippen molar-refractivity contribution in [2.45, 2.75) is 52.2 Å². The van der Waals surface area contributed by atoms with E-state index in [2.05, 4.69) is 29.5 Å². The highest BCUT2D eigenvalue weighted by Gasteiger charge is 2.55. The number of aromatic nitrogens is 4. The van der Waals surface area contributed by atoms with Crippen molar-refractivity contribution in [3.8, 4) is 0 Å². The Morgan fingerprint density at radius 3 is 1.97 bits per heavy atom. The van der Waals surface area contributed by atoms with E-state index in [1.807, 2.05) is 32.8 Å². The van der Waals surface area contributed by atoms with Crippen molar-refractivity contribution >= 4 is 11.8 Å². The van der Waals surface area contributed by atoms with Gasteiger partial charge in [0.15, 0.2) is 0 Å². The van der Waals surface area contributed by atoms with E-state index in [-0.39, 0.29) is 17.4 Å². The lowest BCUT2D eigenvalue weighted by atomic mass is 9.94. The first-order valence-corrected chi connectivity index (χ1v) is 9.92. The average molecular weight is 417 g/mol. The molecule has 0 aliphatic carbocycles. The van der Waals surface area contributed by atoms with Gasteiger partial charge in [-0.05, 0) is 46.8 Å². The third-order valence-electron chi connectivity index (χ3n) is 6.04. The van der Waals surface area contributed by atoms with Crippen LogP contribution in [0.3, 0.4) is 0 Å². The number of hydrogen-bond acceptors (Lipinski definition) is 6. The van der Waals surface area contributed by atoms with Crippen LogP contribution in [0.1, 0.15) is 59.6 Å². The third kappa shape index (κ3) is 3.50. The predicted molar refractivity (Wildman–Crippen MR) is 112 cm³/mol. The fraction of sp³-hybridized carbons (Fsp3) is 0.600. The summed E-state index contributed by atoms with van der Waals surface area (Å²) < 4.78 is 3.14. The molecular weight excluding hydrogens is 384 g/mol. The Morgan fingerprint density at radius 1 is 1.00 bits per heavy atom. The van der Waals surface area contributed by atoms with Gasteiger partial charge in [0, 0.05) is 40.2 Å². The number of nitrogens with one attached hydrogen (secondary N) is 1. The molecule has 1 aliphatic heterocycles. The highest BCUT2D eigenvalue weighted by Crippen LogP contribution is 2.41. The van der Waals surface area contributed by atoms with Gasteiger partial charge in [0.05, 0.1) is 11.4 Å². The Labute approximate surface area is 177 Å². The lowest BCUT2D eigenvalue weighted by Crippen LogP contribution is -2.63.